The molecule has 234 valence electrons. The third-order valence-corrected chi connectivity index (χ3v) is 10.1. The Morgan fingerprint density at radius 2 is 1.80 bits per heavy atom. The predicted molar refractivity (Wildman–Crippen MR) is 164 cm³/mol. The molecule has 2 N–H and O–H groups in total. The van der Waals surface area contributed by atoms with Gasteiger partial charge < -0.3 is 15.3 Å². The molecule has 5 rings (SSSR count). The van der Waals surface area contributed by atoms with E-state index in [1.54, 1.807) is 24.3 Å². The number of hydrogen-bond acceptors (Lipinski definition) is 6. The second-order valence-electron chi connectivity index (χ2n) is 12.0. The zero-order valence-electron chi connectivity index (χ0n) is 24.3. The lowest BCUT2D eigenvalue weighted by atomic mass is 9.74. The van der Waals surface area contributed by atoms with E-state index in [1.165, 1.54) is 29.2 Å². The zero-order valence-corrected chi connectivity index (χ0v) is 26.7. The van der Waals surface area contributed by atoms with E-state index in [-0.39, 0.29) is 33.2 Å². The number of carboxylic acid groups (broad SMARTS) is 1. The average Bonchev–Trinajstić information content (AvgIpc) is 3.32. The number of nitrogens with one attached hydrogen (secondary N) is 1. The molecule has 44 heavy (non-hydrogen) atoms. The largest absolute Gasteiger partial charge is 0.465 e. The smallest absolute Gasteiger partial charge is 0.419 e. The Morgan fingerprint density at radius 3 is 2.41 bits per heavy atom. The number of likely N-dealkylation sites (tertiary alicyclic amines) is 1. The second-order valence-corrected chi connectivity index (χ2v) is 14.7. The number of fused-ring (bicyclic) bond motifs is 1. The van der Waals surface area contributed by atoms with Gasteiger partial charge in [-0.25, -0.2) is 27.2 Å². The molecular weight excluding hydrogens is 663 g/mol. The number of nitrogens with zero attached hydrogens (tertiary/aromatic N) is 4. The van der Waals surface area contributed by atoms with Gasteiger partial charge in [0.25, 0.3) is 10.0 Å². The number of hydrogen-bond donors (Lipinski definition) is 2. The zero-order chi connectivity index (χ0) is 32.2. The first-order chi connectivity index (χ1) is 20.5. The Balaban J connectivity index is 1.69. The quantitative estimate of drug-likeness (QED) is 0.225. The van der Waals surface area contributed by atoms with Crippen LogP contribution in [-0.2, 0) is 16.2 Å². The Hall–Kier alpha value is -3.65. The minimum atomic E-state index is -4.86. The molecule has 2 aromatic heterocycles. The summed E-state index contributed by atoms with van der Waals surface area (Å²) in [5, 5.41) is 13.3. The van der Waals surface area contributed by atoms with Crippen LogP contribution in [0.1, 0.15) is 39.7 Å². The maximum atomic E-state index is 14.4. The van der Waals surface area contributed by atoms with Crippen molar-refractivity contribution in [2.24, 2.45) is 11.3 Å². The minimum absolute atomic E-state index is 0.0352. The van der Waals surface area contributed by atoms with Gasteiger partial charge in [-0.2, -0.15) is 13.2 Å². The third-order valence-electron chi connectivity index (χ3n) is 7.93. The van der Waals surface area contributed by atoms with E-state index >= 15 is 0 Å². The molecule has 0 saturated carbocycles. The van der Waals surface area contributed by atoms with Gasteiger partial charge in [-0.05, 0) is 42.0 Å². The molecule has 1 saturated heterocycles. The van der Waals surface area contributed by atoms with Gasteiger partial charge in [-0.3, -0.25) is 0 Å². The maximum Gasteiger partial charge on any atom is 0.419 e. The highest BCUT2D eigenvalue weighted by Crippen LogP contribution is 2.42. The highest BCUT2D eigenvalue weighted by molar-refractivity contribution is 9.10. The summed E-state index contributed by atoms with van der Waals surface area (Å²) in [5.41, 5.74) is -2.06. The molecule has 1 fully saturated rings. The van der Waals surface area contributed by atoms with Crippen LogP contribution in [0.25, 0.3) is 22.2 Å². The fourth-order valence-electron chi connectivity index (χ4n) is 5.89. The van der Waals surface area contributed by atoms with Crippen molar-refractivity contribution in [1.29, 1.82) is 0 Å². The second kappa shape index (κ2) is 11.4. The molecule has 14 heteroatoms. The Kier molecular flexibility index (Phi) is 8.21. The van der Waals surface area contributed by atoms with Crippen LogP contribution >= 0.6 is 15.9 Å². The highest BCUT2D eigenvalue weighted by Gasteiger charge is 2.45. The van der Waals surface area contributed by atoms with E-state index in [9.17, 15) is 31.5 Å². The predicted octanol–water partition coefficient (Wildman–Crippen LogP) is 7.33. The summed E-state index contributed by atoms with van der Waals surface area (Å²) in [6, 6.07) is 11.2. The lowest BCUT2D eigenvalue weighted by Gasteiger charge is -2.49. The summed E-state index contributed by atoms with van der Waals surface area (Å²) in [7, 11) is -4.20. The van der Waals surface area contributed by atoms with Crippen LogP contribution in [0.4, 0.5) is 23.9 Å². The van der Waals surface area contributed by atoms with Gasteiger partial charge in [0.1, 0.15) is 5.56 Å². The van der Waals surface area contributed by atoms with E-state index in [0.29, 0.717) is 23.6 Å². The van der Waals surface area contributed by atoms with Crippen molar-refractivity contribution in [1.82, 2.24) is 18.8 Å². The van der Waals surface area contributed by atoms with Gasteiger partial charge in [0.2, 0.25) is 5.95 Å². The Morgan fingerprint density at radius 1 is 1.11 bits per heavy atom. The number of anilines is 1. The number of alkyl halides is 3. The summed E-state index contributed by atoms with van der Waals surface area (Å²) < 4.78 is 72.1. The van der Waals surface area contributed by atoms with Crippen LogP contribution in [0, 0.1) is 11.3 Å². The Bertz CT molecular complexity index is 1820. The topological polar surface area (TPSA) is 117 Å². The molecule has 0 bridgehead atoms. The van der Waals surface area contributed by atoms with Gasteiger partial charge in [-0.15, -0.1) is 0 Å². The van der Waals surface area contributed by atoms with Gasteiger partial charge in [-0.1, -0.05) is 67.9 Å². The molecule has 3 unspecified atom stereocenters. The van der Waals surface area contributed by atoms with Crippen molar-refractivity contribution in [3.8, 4) is 11.3 Å². The first-order valence-electron chi connectivity index (χ1n) is 13.8. The SMILES string of the molecule is CC1CCN(C(=O)O)C(C(C)(C)C)C1Nc1ncc(C(F)(F)F)c(-c2cn(S(=O)(=O)c3ccccc3)c3cc(Br)ccc23)n1. The molecule has 0 aliphatic carbocycles. The van der Waals surface area contributed by atoms with E-state index in [2.05, 4.69) is 31.2 Å². The molecular formula is C30H31BrF3N5O4S. The fraction of sp³-hybridized carbons (Fsp3) is 0.367. The van der Waals surface area contributed by atoms with Gasteiger partial charge in [0.15, 0.2) is 0 Å². The summed E-state index contributed by atoms with van der Waals surface area (Å²) >= 11 is 3.34. The molecule has 1 aliphatic heterocycles. The average molecular weight is 695 g/mol. The van der Waals surface area contributed by atoms with Crippen LogP contribution in [0.3, 0.4) is 0 Å². The van der Waals surface area contributed by atoms with Crippen LogP contribution in [0.5, 0.6) is 0 Å². The van der Waals surface area contributed by atoms with E-state index in [4.69, 9.17) is 0 Å². The summed E-state index contributed by atoms with van der Waals surface area (Å²) in [5.74, 6) is -0.185. The van der Waals surface area contributed by atoms with Crippen molar-refractivity contribution in [3.05, 3.63) is 71.0 Å². The first-order valence-corrected chi connectivity index (χ1v) is 16.1. The molecule has 1 aliphatic rings. The molecule has 1 amide bonds. The van der Waals surface area contributed by atoms with Gasteiger partial charge >= 0.3 is 12.3 Å². The van der Waals surface area contributed by atoms with Crippen molar-refractivity contribution in [2.45, 2.75) is 57.3 Å². The maximum absolute atomic E-state index is 14.4. The molecule has 9 nitrogen and oxygen atoms in total. The number of piperidine rings is 1. The van der Waals surface area contributed by atoms with Crippen LogP contribution in [0.2, 0.25) is 0 Å². The third kappa shape index (κ3) is 5.88. The number of carbonyl (C=O) groups is 1. The van der Waals surface area contributed by atoms with Crippen molar-refractivity contribution in [3.63, 3.8) is 0 Å². The lowest BCUT2D eigenvalue weighted by molar-refractivity contribution is -0.137. The first kappa shape index (κ1) is 31.8. The number of rotatable bonds is 5. The molecule has 0 spiro atoms. The van der Waals surface area contributed by atoms with E-state index in [1.807, 2.05) is 27.7 Å². The van der Waals surface area contributed by atoms with Crippen LogP contribution < -0.4 is 5.32 Å². The molecule has 3 heterocycles. The van der Waals surface area contributed by atoms with Crippen LogP contribution in [-0.4, -0.2) is 57.1 Å². The summed E-state index contributed by atoms with van der Waals surface area (Å²) in [4.78, 5) is 21.8. The number of benzene rings is 2. The fourth-order valence-corrected chi connectivity index (χ4v) is 7.62. The molecule has 0 radical (unpaired) electrons. The number of amides is 1. The van der Waals surface area contributed by atoms with Crippen molar-refractivity contribution >= 4 is 48.9 Å². The lowest BCUT2D eigenvalue weighted by Crippen LogP contribution is -2.61. The Labute approximate surface area is 261 Å². The van der Waals surface area contributed by atoms with E-state index < -0.39 is 51.0 Å². The normalized spacial score (nSPS) is 19.7. The van der Waals surface area contributed by atoms with Crippen molar-refractivity contribution in [2.75, 3.05) is 11.9 Å². The van der Waals surface area contributed by atoms with Crippen LogP contribution in [0.15, 0.2) is 70.3 Å². The summed E-state index contributed by atoms with van der Waals surface area (Å²) in [6.45, 7) is 7.97. The monoisotopic (exact) mass is 693 g/mol. The van der Waals surface area contributed by atoms with E-state index in [0.717, 1.165) is 10.2 Å². The van der Waals surface area contributed by atoms with Gasteiger partial charge in [0, 0.05) is 34.4 Å². The number of aromatic nitrogens is 3. The highest BCUT2D eigenvalue weighted by atomic mass is 79.9. The minimum Gasteiger partial charge on any atom is -0.465 e. The summed E-state index contributed by atoms with van der Waals surface area (Å²) in [6.07, 6.45) is -3.59. The molecule has 2 aromatic carbocycles. The van der Waals surface area contributed by atoms with Gasteiger partial charge in [0.05, 0.1) is 28.2 Å². The molecule has 3 atom stereocenters. The number of halogens is 4. The standard InChI is InChI=1S/C30H31BrF3N5O4S/c1-17-12-13-38(28(40)41)26(29(2,3)4)24(17)36-27-35-15-22(30(32,33)34)25(37-27)21-16-39(23-14-18(31)10-11-20(21)23)44(42,43)19-8-6-5-7-9-19/h5-11,14-17,24,26H,12-13H2,1-4H3,(H,40,41)(H,35,36,37). The van der Waals surface area contributed by atoms with Crippen molar-refractivity contribution < 1.29 is 31.5 Å². The molecule has 4 aromatic rings.